The number of nitrogens with one attached hydrogen (secondary N) is 1. The van der Waals surface area contributed by atoms with Crippen molar-refractivity contribution in [3.05, 3.63) is 71.8 Å². The highest BCUT2D eigenvalue weighted by Gasteiger charge is 2.33. The van der Waals surface area contributed by atoms with Gasteiger partial charge in [0.05, 0.1) is 0 Å². The van der Waals surface area contributed by atoms with E-state index in [-0.39, 0.29) is 24.2 Å². The van der Waals surface area contributed by atoms with Crippen LogP contribution in [0.5, 0.6) is 5.75 Å². The molecule has 1 aromatic carbocycles. The topological polar surface area (TPSA) is 84.0 Å². The number of amides is 1. The van der Waals surface area contributed by atoms with Crippen molar-refractivity contribution in [2.45, 2.75) is 25.5 Å². The molecule has 0 aliphatic carbocycles. The molecule has 1 atom stereocenters. The number of halogens is 1. The molecule has 3 aromatic rings. The maximum absolute atomic E-state index is 13.2. The molecule has 138 valence electrons. The third-order valence-electron chi connectivity index (χ3n) is 4.42. The van der Waals surface area contributed by atoms with Crippen molar-refractivity contribution in [2.75, 3.05) is 6.54 Å². The van der Waals surface area contributed by atoms with Crippen LogP contribution in [0.2, 0.25) is 0 Å². The van der Waals surface area contributed by atoms with Crippen molar-refractivity contribution in [1.82, 2.24) is 25.1 Å². The second-order valence-corrected chi connectivity index (χ2v) is 6.42. The molecule has 4 rings (SSSR count). The number of aromatic nitrogens is 4. The van der Waals surface area contributed by atoms with Crippen molar-refractivity contribution >= 4 is 5.91 Å². The van der Waals surface area contributed by atoms with Crippen LogP contribution < -0.4 is 4.74 Å². The Labute approximate surface area is 155 Å². The zero-order chi connectivity index (χ0) is 18.6. The Morgan fingerprint density at radius 1 is 1.26 bits per heavy atom. The Balaban J connectivity index is 1.36. The fourth-order valence-corrected chi connectivity index (χ4v) is 3.07. The van der Waals surface area contributed by atoms with Gasteiger partial charge in [-0.1, -0.05) is 6.07 Å². The summed E-state index contributed by atoms with van der Waals surface area (Å²) in [6, 6.07) is 9.72. The number of aromatic amines is 1. The van der Waals surface area contributed by atoms with Gasteiger partial charge in [-0.3, -0.25) is 14.9 Å². The van der Waals surface area contributed by atoms with E-state index in [1.807, 2.05) is 12.1 Å². The quantitative estimate of drug-likeness (QED) is 0.723. The summed E-state index contributed by atoms with van der Waals surface area (Å²) in [7, 11) is 0. The second kappa shape index (κ2) is 7.53. The fraction of sp³-hybridized carbons (Fsp3) is 0.263. The number of ether oxygens (including phenoxy) is 1. The highest BCUT2D eigenvalue weighted by atomic mass is 19.1. The van der Waals surface area contributed by atoms with Gasteiger partial charge in [-0.25, -0.2) is 9.37 Å². The van der Waals surface area contributed by atoms with Gasteiger partial charge in [-0.2, -0.15) is 5.10 Å². The van der Waals surface area contributed by atoms with Crippen LogP contribution >= 0.6 is 0 Å². The number of nitrogens with zero attached hydrogens (tertiary/aromatic N) is 4. The van der Waals surface area contributed by atoms with Crippen LogP contribution in [0.25, 0.3) is 0 Å². The number of hydrogen-bond donors (Lipinski definition) is 1. The summed E-state index contributed by atoms with van der Waals surface area (Å²) in [5.41, 5.74) is 1.04. The summed E-state index contributed by atoms with van der Waals surface area (Å²) < 4.78 is 18.7. The maximum atomic E-state index is 13.2. The average molecular weight is 367 g/mol. The van der Waals surface area contributed by atoms with Crippen LogP contribution in [0.4, 0.5) is 4.39 Å². The molecule has 1 unspecified atom stereocenters. The largest absolute Gasteiger partial charge is 0.486 e. The molecule has 1 saturated heterocycles. The van der Waals surface area contributed by atoms with Crippen LogP contribution in [-0.4, -0.2) is 37.5 Å². The van der Waals surface area contributed by atoms with E-state index in [0.717, 1.165) is 5.56 Å². The monoisotopic (exact) mass is 367 g/mol. The summed E-state index contributed by atoms with van der Waals surface area (Å²) in [5, 5.41) is 7.05. The number of benzene rings is 1. The van der Waals surface area contributed by atoms with Crippen LogP contribution in [0.1, 0.15) is 29.6 Å². The minimum atomic E-state index is -0.357. The molecule has 1 amide bonds. The van der Waals surface area contributed by atoms with Crippen LogP contribution in [-0.2, 0) is 17.9 Å². The Morgan fingerprint density at radius 2 is 2.11 bits per heavy atom. The zero-order valence-corrected chi connectivity index (χ0v) is 14.5. The predicted octanol–water partition coefficient (Wildman–Crippen LogP) is 2.43. The Kier molecular flexibility index (Phi) is 4.78. The molecule has 8 heteroatoms. The van der Waals surface area contributed by atoms with Crippen molar-refractivity contribution < 1.29 is 13.9 Å². The normalized spacial score (nSPS) is 16.7. The SMILES string of the molecule is O=C1CC(c2n[nH]c(COc3cccc(F)c3)n2)CN1Cc1ccncc1. The number of carbonyl (C=O) groups excluding carboxylic acids is 1. The van der Waals surface area contributed by atoms with Crippen LogP contribution in [0, 0.1) is 5.82 Å². The summed E-state index contributed by atoms with van der Waals surface area (Å²) in [6.45, 7) is 1.28. The Hall–Kier alpha value is -3.29. The van der Waals surface area contributed by atoms with Crippen molar-refractivity contribution in [3.63, 3.8) is 0 Å². The molecule has 1 aliphatic rings. The Morgan fingerprint density at radius 3 is 2.93 bits per heavy atom. The fourth-order valence-electron chi connectivity index (χ4n) is 3.07. The maximum Gasteiger partial charge on any atom is 0.223 e. The standard InChI is InChI=1S/C19H18FN5O2/c20-15-2-1-3-16(9-15)27-12-17-22-19(24-23-17)14-8-18(26)25(11-14)10-13-4-6-21-7-5-13/h1-7,9,14H,8,10-12H2,(H,22,23,24). The minimum absolute atomic E-state index is 0.0569. The number of hydrogen-bond acceptors (Lipinski definition) is 5. The lowest BCUT2D eigenvalue weighted by Gasteiger charge is -2.15. The number of likely N-dealkylation sites (tertiary alicyclic amines) is 1. The molecular weight excluding hydrogens is 349 g/mol. The summed E-state index contributed by atoms with van der Waals surface area (Å²) >= 11 is 0. The molecule has 2 aromatic heterocycles. The highest BCUT2D eigenvalue weighted by molar-refractivity contribution is 5.79. The van der Waals surface area contributed by atoms with Gasteiger partial charge < -0.3 is 9.64 Å². The predicted molar refractivity (Wildman–Crippen MR) is 94.1 cm³/mol. The summed E-state index contributed by atoms with van der Waals surface area (Å²) in [4.78, 5) is 22.5. The first-order chi connectivity index (χ1) is 13.2. The highest BCUT2D eigenvalue weighted by Crippen LogP contribution is 2.27. The molecule has 0 spiro atoms. The van der Waals surface area contributed by atoms with E-state index in [4.69, 9.17) is 4.74 Å². The Bertz CT molecular complexity index is 931. The molecule has 3 heterocycles. The van der Waals surface area contributed by atoms with Crippen molar-refractivity contribution in [1.29, 1.82) is 0 Å². The van der Waals surface area contributed by atoms with Gasteiger partial charge >= 0.3 is 0 Å². The van der Waals surface area contributed by atoms with Gasteiger partial charge in [0.25, 0.3) is 0 Å². The van der Waals surface area contributed by atoms with E-state index in [1.54, 1.807) is 29.4 Å². The lowest BCUT2D eigenvalue weighted by atomic mass is 10.1. The number of H-pyrrole nitrogens is 1. The van der Waals surface area contributed by atoms with Gasteiger partial charge in [0.2, 0.25) is 5.91 Å². The van der Waals surface area contributed by atoms with E-state index in [1.165, 1.54) is 12.1 Å². The molecule has 0 radical (unpaired) electrons. The number of pyridine rings is 1. The van der Waals surface area contributed by atoms with Crippen LogP contribution in [0.3, 0.4) is 0 Å². The molecule has 1 N–H and O–H groups in total. The van der Waals surface area contributed by atoms with Gasteiger partial charge in [-0.05, 0) is 29.8 Å². The minimum Gasteiger partial charge on any atom is -0.486 e. The first-order valence-electron chi connectivity index (χ1n) is 8.63. The smallest absolute Gasteiger partial charge is 0.223 e. The summed E-state index contributed by atoms with van der Waals surface area (Å²) in [5.74, 6) is 1.22. The van der Waals surface area contributed by atoms with Gasteiger partial charge in [-0.15, -0.1) is 0 Å². The first kappa shape index (κ1) is 17.1. The summed E-state index contributed by atoms with van der Waals surface area (Å²) in [6.07, 6.45) is 3.81. The zero-order valence-electron chi connectivity index (χ0n) is 14.5. The van der Waals surface area contributed by atoms with E-state index < -0.39 is 0 Å². The van der Waals surface area contributed by atoms with Crippen molar-refractivity contribution in [2.24, 2.45) is 0 Å². The molecule has 1 fully saturated rings. The molecule has 0 saturated carbocycles. The third kappa shape index (κ3) is 4.11. The van der Waals surface area contributed by atoms with E-state index in [0.29, 0.717) is 36.9 Å². The van der Waals surface area contributed by atoms with E-state index in [9.17, 15) is 9.18 Å². The van der Waals surface area contributed by atoms with Gasteiger partial charge in [0.15, 0.2) is 11.6 Å². The second-order valence-electron chi connectivity index (χ2n) is 6.42. The number of carbonyl (C=O) groups is 1. The lowest BCUT2D eigenvalue weighted by molar-refractivity contribution is -0.128. The van der Waals surface area contributed by atoms with Gasteiger partial charge in [0.1, 0.15) is 18.2 Å². The van der Waals surface area contributed by atoms with E-state index >= 15 is 0 Å². The van der Waals surface area contributed by atoms with Crippen molar-refractivity contribution in [3.8, 4) is 5.75 Å². The molecular formula is C19H18FN5O2. The molecule has 1 aliphatic heterocycles. The molecule has 7 nitrogen and oxygen atoms in total. The third-order valence-corrected chi connectivity index (χ3v) is 4.42. The molecule has 27 heavy (non-hydrogen) atoms. The van der Waals surface area contributed by atoms with Gasteiger partial charge in [0, 0.05) is 43.9 Å². The first-order valence-corrected chi connectivity index (χ1v) is 8.63. The average Bonchev–Trinajstić information content (AvgIpc) is 3.28. The van der Waals surface area contributed by atoms with E-state index in [2.05, 4.69) is 20.2 Å². The lowest BCUT2D eigenvalue weighted by Crippen LogP contribution is -2.24. The van der Waals surface area contributed by atoms with Crippen LogP contribution in [0.15, 0.2) is 48.8 Å². The number of rotatable bonds is 6. The molecule has 0 bridgehead atoms.